The minimum Gasteiger partial charge on any atom is -0.348 e. The fraction of sp³-hybridized carbons (Fsp3) is 0.150. The zero-order valence-electron chi connectivity index (χ0n) is 14.5. The van der Waals surface area contributed by atoms with Crippen LogP contribution in [0.25, 0.3) is 0 Å². The summed E-state index contributed by atoms with van der Waals surface area (Å²) in [6.07, 6.45) is 1.47. The summed E-state index contributed by atoms with van der Waals surface area (Å²) in [6.45, 7) is 5.99. The molecule has 0 saturated heterocycles. The molecule has 134 valence electrons. The lowest BCUT2D eigenvalue weighted by Crippen LogP contribution is -2.36. The molecule has 0 spiro atoms. The third-order valence-electron chi connectivity index (χ3n) is 3.57. The van der Waals surface area contributed by atoms with E-state index in [4.69, 9.17) is 0 Å². The lowest BCUT2D eigenvalue weighted by Gasteiger charge is -2.11. The molecule has 0 bridgehead atoms. The van der Waals surface area contributed by atoms with Crippen LogP contribution in [0.2, 0.25) is 0 Å². The Morgan fingerprint density at radius 3 is 2.50 bits per heavy atom. The number of para-hydroxylation sites is 1. The lowest BCUT2D eigenvalue weighted by atomic mass is 10.1. The van der Waals surface area contributed by atoms with E-state index in [1.54, 1.807) is 24.3 Å². The summed E-state index contributed by atoms with van der Waals surface area (Å²) in [4.78, 5) is 36.1. The third-order valence-corrected chi connectivity index (χ3v) is 3.57. The number of aryl methyl sites for hydroxylation is 1. The molecule has 0 radical (unpaired) electrons. The van der Waals surface area contributed by atoms with Gasteiger partial charge in [-0.1, -0.05) is 48.0 Å². The van der Waals surface area contributed by atoms with E-state index in [0.29, 0.717) is 6.54 Å². The molecule has 0 heterocycles. The largest absolute Gasteiger partial charge is 0.348 e. The highest BCUT2D eigenvalue weighted by atomic mass is 16.2. The van der Waals surface area contributed by atoms with Crippen LogP contribution < -0.4 is 16.0 Å². The first-order chi connectivity index (χ1) is 12.5. The van der Waals surface area contributed by atoms with Gasteiger partial charge in [-0.05, 0) is 24.6 Å². The normalized spacial score (nSPS) is 9.88. The van der Waals surface area contributed by atoms with Crippen molar-refractivity contribution < 1.29 is 14.4 Å². The number of benzene rings is 2. The zero-order valence-corrected chi connectivity index (χ0v) is 14.5. The first-order valence-electron chi connectivity index (χ1n) is 8.14. The monoisotopic (exact) mass is 351 g/mol. The average molecular weight is 351 g/mol. The summed E-state index contributed by atoms with van der Waals surface area (Å²) in [5.41, 5.74) is 2.64. The second-order valence-electron chi connectivity index (χ2n) is 5.67. The van der Waals surface area contributed by atoms with Crippen LogP contribution in [0.1, 0.15) is 21.5 Å². The van der Waals surface area contributed by atoms with Crippen LogP contribution in [-0.2, 0) is 16.1 Å². The lowest BCUT2D eigenvalue weighted by molar-refractivity contribution is -0.136. The topological polar surface area (TPSA) is 87.3 Å². The number of carbonyl (C=O) groups is 3. The quantitative estimate of drug-likeness (QED) is 0.551. The Morgan fingerprint density at radius 2 is 1.77 bits per heavy atom. The van der Waals surface area contributed by atoms with E-state index < -0.39 is 11.8 Å². The standard InChI is InChI=1S/C20H21N3O3/c1-3-11-21-19(25)20(26)23-17-10-5-4-9-16(17)18(24)22-13-15-8-6-7-14(2)12-15/h3-10,12H,1,11,13H2,2H3,(H,21,25)(H,22,24)(H,23,26). The predicted molar refractivity (Wildman–Crippen MR) is 101 cm³/mol. The molecule has 2 rings (SSSR count). The number of carbonyl (C=O) groups excluding carboxylic acids is 3. The van der Waals surface area contributed by atoms with E-state index >= 15 is 0 Å². The molecular formula is C20H21N3O3. The Hall–Kier alpha value is -3.41. The second-order valence-corrected chi connectivity index (χ2v) is 5.67. The van der Waals surface area contributed by atoms with Gasteiger partial charge in [-0.3, -0.25) is 14.4 Å². The maximum atomic E-state index is 12.5. The van der Waals surface area contributed by atoms with Crippen molar-refractivity contribution in [3.63, 3.8) is 0 Å². The minimum atomic E-state index is -0.842. The summed E-state index contributed by atoms with van der Waals surface area (Å²) in [6, 6.07) is 14.3. The van der Waals surface area contributed by atoms with Crippen LogP contribution in [-0.4, -0.2) is 24.3 Å². The molecule has 6 heteroatoms. The molecule has 3 N–H and O–H groups in total. The maximum absolute atomic E-state index is 12.5. The highest BCUT2D eigenvalue weighted by Gasteiger charge is 2.17. The van der Waals surface area contributed by atoms with Crippen molar-refractivity contribution in [2.24, 2.45) is 0 Å². The Bertz CT molecular complexity index is 831. The van der Waals surface area contributed by atoms with Crippen LogP contribution >= 0.6 is 0 Å². The molecule has 2 aromatic carbocycles. The zero-order chi connectivity index (χ0) is 18.9. The van der Waals surface area contributed by atoms with Gasteiger partial charge in [-0.2, -0.15) is 0 Å². The Labute approximate surface area is 152 Å². The molecule has 0 aliphatic heterocycles. The molecule has 3 amide bonds. The Morgan fingerprint density at radius 1 is 1.00 bits per heavy atom. The van der Waals surface area contributed by atoms with Gasteiger partial charge < -0.3 is 16.0 Å². The van der Waals surface area contributed by atoms with Crippen molar-refractivity contribution in [1.82, 2.24) is 10.6 Å². The molecular weight excluding hydrogens is 330 g/mol. The number of hydrogen-bond acceptors (Lipinski definition) is 3. The van der Waals surface area contributed by atoms with Crippen molar-refractivity contribution >= 4 is 23.4 Å². The van der Waals surface area contributed by atoms with Gasteiger partial charge in [0.1, 0.15) is 0 Å². The Kier molecular flexibility index (Phi) is 6.68. The van der Waals surface area contributed by atoms with Gasteiger partial charge in [-0.25, -0.2) is 0 Å². The average Bonchev–Trinajstić information content (AvgIpc) is 2.64. The van der Waals surface area contributed by atoms with Gasteiger partial charge in [0, 0.05) is 13.1 Å². The van der Waals surface area contributed by atoms with Gasteiger partial charge in [-0.15, -0.1) is 6.58 Å². The fourth-order valence-corrected chi connectivity index (χ4v) is 2.31. The van der Waals surface area contributed by atoms with Crippen LogP contribution in [0.3, 0.4) is 0 Å². The van der Waals surface area contributed by atoms with Crippen LogP contribution in [0, 0.1) is 6.92 Å². The second kappa shape index (κ2) is 9.17. The van der Waals surface area contributed by atoms with Crippen molar-refractivity contribution in [2.45, 2.75) is 13.5 Å². The van der Waals surface area contributed by atoms with E-state index in [-0.39, 0.29) is 23.7 Å². The van der Waals surface area contributed by atoms with E-state index in [1.807, 2.05) is 31.2 Å². The van der Waals surface area contributed by atoms with E-state index in [1.165, 1.54) is 6.08 Å². The molecule has 0 fully saturated rings. The van der Waals surface area contributed by atoms with Crippen LogP contribution in [0.5, 0.6) is 0 Å². The highest BCUT2D eigenvalue weighted by Crippen LogP contribution is 2.15. The van der Waals surface area contributed by atoms with Gasteiger partial charge in [0.05, 0.1) is 11.3 Å². The molecule has 0 aromatic heterocycles. The Balaban J connectivity index is 2.05. The minimum absolute atomic E-state index is 0.185. The first kappa shape index (κ1) is 18.9. The number of rotatable bonds is 6. The molecule has 0 aliphatic carbocycles. The fourth-order valence-electron chi connectivity index (χ4n) is 2.31. The van der Waals surface area contributed by atoms with Crippen molar-refractivity contribution in [3.8, 4) is 0 Å². The molecule has 2 aromatic rings. The maximum Gasteiger partial charge on any atom is 0.313 e. The molecule has 0 atom stereocenters. The summed E-state index contributed by atoms with van der Waals surface area (Å²) in [5, 5.41) is 7.66. The molecule has 6 nitrogen and oxygen atoms in total. The van der Waals surface area contributed by atoms with E-state index in [0.717, 1.165) is 11.1 Å². The van der Waals surface area contributed by atoms with Gasteiger partial charge in [0.25, 0.3) is 5.91 Å². The molecule has 0 saturated carbocycles. The van der Waals surface area contributed by atoms with Crippen molar-refractivity contribution in [2.75, 3.05) is 11.9 Å². The number of anilines is 1. The van der Waals surface area contributed by atoms with Crippen molar-refractivity contribution in [3.05, 3.63) is 77.9 Å². The molecule has 26 heavy (non-hydrogen) atoms. The van der Waals surface area contributed by atoms with Gasteiger partial charge >= 0.3 is 11.8 Å². The number of nitrogens with one attached hydrogen (secondary N) is 3. The highest BCUT2D eigenvalue weighted by molar-refractivity contribution is 6.40. The third kappa shape index (κ3) is 5.31. The molecule has 0 aliphatic rings. The SMILES string of the molecule is C=CCNC(=O)C(=O)Nc1ccccc1C(=O)NCc1cccc(C)c1. The summed E-state index contributed by atoms with van der Waals surface area (Å²) in [7, 11) is 0. The number of hydrogen-bond donors (Lipinski definition) is 3. The smallest absolute Gasteiger partial charge is 0.313 e. The first-order valence-corrected chi connectivity index (χ1v) is 8.14. The molecule has 0 unspecified atom stereocenters. The van der Waals surface area contributed by atoms with Crippen LogP contribution in [0.4, 0.5) is 5.69 Å². The van der Waals surface area contributed by atoms with Crippen molar-refractivity contribution in [1.29, 1.82) is 0 Å². The van der Waals surface area contributed by atoms with Gasteiger partial charge in [0.2, 0.25) is 0 Å². The van der Waals surface area contributed by atoms with Gasteiger partial charge in [0.15, 0.2) is 0 Å². The van der Waals surface area contributed by atoms with E-state index in [9.17, 15) is 14.4 Å². The van der Waals surface area contributed by atoms with E-state index in [2.05, 4.69) is 22.5 Å². The number of amides is 3. The summed E-state index contributed by atoms with van der Waals surface area (Å²) in [5.74, 6) is -1.97. The predicted octanol–water partition coefficient (Wildman–Crippen LogP) is 2.17. The summed E-state index contributed by atoms with van der Waals surface area (Å²) < 4.78 is 0. The van der Waals surface area contributed by atoms with Crippen LogP contribution in [0.15, 0.2) is 61.2 Å². The summed E-state index contributed by atoms with van der Waals surface area (Å²) >= 11 is 0.